The molecule has 3 amide bonds. The molecule has 1 aliphatic carbocycles. The third kappa shape index (κ3) is 7.23. The highest BCUT2D eigenvalue weighted by Gasteiger charge is 2.42. The van der Waals surface area contributed by atoms with Gasteiger partial charge in [-0.2, -0.15) is 0 Å². The molecule has 1 unspecified atom stereocenters. The lowest BCUT2D eigenvalue weighted by Crippen LogP contribution is -2.49. The predicted octanol–water partition coefficient (Wildman–Crippen LogP) is 4.79. The number of anilines is 1. The molecule has 2 aromatic rings. The monoisotopic (exact) mass is 547 g/mol. The number of rotatable bonds is 10. The quantitative estimate of drug-likeness (QED) is 0.395. The van der Waals surface area contributed by atoms with Gasteiger partial charge in [0.2, 0.25) is 11.8 Å². The van der Waals surface area contributed by atoms with E-state index in [1.807, 2.05) is 0 Å². The van der Waals surface area contributed by atoms with Gasteiger partial charge in [-0.1, -0.05) is 54.2 Å². The van der Waals surface area contributed by atoms with Crippen molar-refractivity contribution in [2.75, 3.05) is 18.9 Å². The highest BCUT2D eigenvalue weighted by atomic mass is 35.5. The maximum Gasteiger partial charge on any atom is 0.326 e. The number of aliphatic carboxylic acids is 1. The second-order valence-electron chi connectivity index (χ2n) is 9.49. The van der Waals surface area contributed by atoms with E-state index >= 15 is 0 Å². The number of benzene rings is 2. The van der Waals surface area contributed by atoms with E-state index in [-0.39, 0.29) is 33.8 Å². The van der Waals surface area contributed by atoms with Gasteiger partial charge >= 0.3 is 5.97 Å². The summed E-state index contributed by atoms with van der Waals surface area (Å²) in [7, 11) is 1.69. The lowest BCUT2D eigenvalue weighted by atomic mass is 9.81. The molecule has 1 fully saturated rings. The summed E-state index contributed by atoms with van der Waals surface area (Å²) in [5, 5.41) is 15.7. The second-order valence-corrected chi connectivity index (χ2v) is 10.3. The molecule has 3 rings (SSSR count). The van der Waals surface area contributed by atoms with Gasteiger partial charge < -0.3 is 20.6 Å². The summed E-state index contributed by atoms with van der Waals surface area (Å²) in [5.41, 5.74) is 0.656. The van der Waals surface area contributed by atoms with E-state index in [4.69, 9.17) is 23.2 Å². The van der Waals surface area contributed by atoms with Crippen LogP contribution in [0.4, 0.5) is 5.69 Å². The third-order valence-corrected chi connectivity index (χ3v) is 7.58. The van der Waals surface area contributed by atoms with Gasteiger partial charge in [-0.3, -0.25) is 14.4 Å². The first kappa shape index (κ1) is 28.5. The van der Waals surface area contributed by atoms with E-state index in [0.717, 1.165) is 12.8 Å². The summed E-state index contributed by atoms with van der Waals surface area (Å²) in [4.78, 5) is 51.0. The Morgan fingerprint density at radius 2 is 1.62 bits per heavy atom. The number of amides is 3. The minimum atomic E-state index is -1.13. The van der Waals surface area contributed by atoms with Crippen LogP contribution in [0.5, 0.6) is 0 Å². The number of hydrogen-bond donors (Lipinski definition) is 3. The van der Waals surface area contributed by atoms with Crippen molar-refractivity contribution in [2.24, 2.45) is 5.41 Å². The van der Waals surface area contributed by atoms with Crippen LogP contribution in [0.3, 0.4) is 0 Å². The molecule has 0 aliphatic heterocycles. The van der Waals surface area contributed by atoms with Crippen molar-refractivity contribution in [3.63, 3.8) is 0 Å². The summed E-state index contributed by atoms with van der Waals surface area (Å²) in [6, 6.07) is 10.4. The maximum absolute atomic E-state index is 13.3. The molecule has 198 valence electrons. The van der Waals surface area contributed by atoms with Gasteiger partial charge in [0.1, 0.15) is 6.04 Å². The topological polar surface area (TPSA) is 116 Å². The minimum Gasteiger partial charge on any atom is -0.480 e. The zero-order valence-electron chi connectivity index (χ0n) is 20.9. The van der Waals surface area contributed by atoms with E-state index in [1.165, 1.54) is 6.92 Å². The Morgan fingerprint density at radius 3 is 2.16 bits per heavy atom. The number of nitrogens with one attached hydrogen (secondary N) is 2. The molecule has 0 aromatic heterocycles. The van der Waals surface area contributed by atoms with Gasteiger partial charge in [-0.05, 0) is 49.1 Å². The van der Waals surface area contributed by atoms with E-state index in [0.29, 0.717) is 37.1 Å². The first-order chi connectivity index (χ1) is 17.5. The van der Waals surface area contributed by atoms with Crippen molar-refractivity contribution in [2.45, 2.75) is 51.5 Å². The van der Waals surface area contributed by atoms with Gasteiger partial charge in [0.25, 0.3) is 5.91 Å². The van der Waals surface area contributed by atoms with E-state index < -0.39 is 23.3 Å². The van der Waals surface area contributed by atoms with Crippen molar-refractivity contribution in [3.8, 4) is 0 Å². The Bertz CT molecular complexity index is 1140. The molecule has 10 heteroatoms. The van der Waals surface area contributed by atoms with Crippen LogP contribution >= 0.6 is 23.2 Å². The molecule has 8 nitrogen and oxygen atoms in total. The van der Waals surface area contributed by atoms with E-state index in [1.54, 1.807) is 54.4 Å². The van der Waals surface area contributed by atoms with Crippen LogP contribution in [0.1, 0.15) is 54.9 Å². The Hall–Kier alpha value is -3.10. The lowest BCUT2D eigenvalue weighted by Gasteiger charge is -2.31. The van der Waals surface area contributed by atoms with Crippen LogP contribution < -0.4 is 10.6 Å². The molecule has 0 radical (unpaired) electrons. The summed E-state index contributed by atoms with van der Waals surface area (Å²) < 4.78 is 0. The van der Waals surface area contributed by atoms with Crippen LogP contribution in [-0.4, -0.2) is 53.3 Å². The Morgan fingerprint density at radius 1 is 1.03 bits per heavy atom. The zero-order chi connectivity index (χ0) is 27.2. The lowest BCUT2D eigenvalue weighted by molar-refractivity contribution is -0.144. The zero-order valence-corrected chi connectivity index (χ0v) is 22.4. The predicted molar refractivity (Wildman–Crippen MR) is 143 cm³/mol. The normalized spacial score (nSPS) is 15.0. The number of halogens is 2. The molecule has 37 heavy (non-hydrogen) atoms. The SMILES string of the molecule is CC(=O)N(C)CCC1(C(=O)NC(Cc2ccc(NC(=O)c3c(Cl)cccc3Cl)cc2)C(=O)O)CCCC1. The smallest absolute Gasteiger partial charge is 0.326 e. The largest absolute Gasteiger partial charge is 0.480 e. The molecule has 0 spiro atoms. The molecule has 0 bridgehead atoms. The van der Waals surface area contributed by atoms with E-state index in [2.05, 4.69) is 10.6 Å². The van der Waals surface area contributed by atoms with Crippen LogP contribution in [0.25, 0.3) is 0 Å². The van der Waals surface area contributed by atoms with E-state index in [9.17, 15) is 24.3 Å². The third-order valence-electron chi connectivity index (χ3n) is 6.95. The van der Waals surface area contributed by atoms with Gasteiger partial charge in [-0.25, -0.2) is 4.79 Å². The van der Waals surface area contributed by atoms with Gasteiger partial charge in [0.05, 0.1) is 21.0 Å². The Kier molecular flexibility index (Phi) is 9.56. The van der Waals surface area contributed by atoms with Crippen molar-refractivity contribution in [3.05, 3.63) is 63.6 Å². The molecule has 2 aromatic carbocycles. The molecule has 1 saturated carbocycles. The van der Waals surface area contributed by atoms with Crippen molar-refractivity contribution in [1.29, 1.82) is 0 Å². The second kappa shape index (κ2) is 12.4. The molecule has 1 aliphatic rings. The maximum atomic E-state index is 13.3. The summed E-state index contributed by atoms with van der Waals surface area (Å²) in [6.45, 7) is 1.91. The molecule has 0 saturated heterocycles. The van der Waals surface area contributed by atoms with Crippen LogP contribution in [0, 0.1) is 5.41 Å². The summed E-state index contributed by atoms with van der Waals surface area (Å²) >= 11 is 12.2. The molecule has 0 heterocycles. The van der Waals surface area contributed by atoms with Crippen molar-refractivity contribution >= 4 is 52.6 Å². The summed E-state index contributed by atoms with van der Waals surface area (Å²) in [5.74, 6) is -1.95. The number of carboxylic acids is 1. The molecular weight excluding hydrogens is 517 g/mol. The minimum absolute atomic E-state index is 0.0773. The van der Waals surface area contributed by atoms with Crippen molar-refractivity contribution < 1.29 is 24.3 Å². The molecule has 1 atom stereocenters. The highest BCUT2D eigenvalue weighted by Crippen LogP contribution is 2.41. The first-order valence-electron chi connectivity index (χ1n) is 12.1. The van der Waals surface area contributed by atoms with Crippen LogP contribution in [0.2, 0.25) is 10.0 Å². The van der Waals surface area contributed by atoms with Crippen LogP contribution in [0.15, 0.2) is 42.5 Å². The summed E-state index contributed by atoms with van der Waals surface area (Å²) in [6.07, 6.45) is 3.69. The average molecular weight is 548 g/mol. The Labute approximate surface area is 226 Å². The standard InChI is InChI=1S/C27H31Cl2N3O5/c1-17(33)32(2)15-14-27(12-3-4-13-27)26(37)31-22(25(35)36)16-18-8-10-19(11-9-18)30-24(34)23-20(28)6-5-7-21(23)29/h5-11,22H,3-4,12-16H2,1-2H3,(H,30,34)(H,31,37)(H,35,36). The number of carboxylic acid groups (broad SMARTS) is 1. The molecular formula is C27H31Cl2N3O5. The van der Waals surface area contributed by atoms with Crippen molar-refractivity contribution in [1.82, 2.24) is 10.2 Å². The number of nitrogens with zero attached hydrogens (tertiary/aromatic N) is 1. The average Bonchev–Trinajstić information content (AvgIpc) is 3.33. The van der Waals surface area contributed by atoms with Gasteiger partial charge in [0, 0.05) is 32.6 Å². The fourth-order valence-corrected chi connectivity index (χ4v) is 5.13. The molecule has 3 N–H and O–H groups in total. The number of hydrogen-bond acceptors (Lipinski definition) is 4. The number of carbonyl (C=O) groups is 4. The fourth-order valence-electron chi connectivity index (χ4n) is 4.56. The van der Waals surface area contributed by atoms with Gasteiger partial charge in [-0.15, -0.1) is 0 Å². The highest BCUT2D eigenvalue weighted by molar-refractivity contribution is 6.40. The van der Waals surface area contributed by atoms with Gasteiger partial charge in [0.15, 0.2) is 0 Å². The van der Waals surface area contributed by atoms with Crippen LogP contribution in [-0.2, 0) is 20.8 Å². The fraction of sp³-hybridized carbons (Fsp3) is 0.407. The Balaban J connectivity index is 1.65. The first-order valence-corrected chi connectivity index (χ1v) is 12.9. The number of carbonyl (C=O) groups excluding carboxylic acids is 3.